The molecule has 0 radical (unpaired) electrons. The second-order valence-corrected chi connectivity index (χ2v) is 13.3. The number of fused-ring (bicyclic) bond motifs is 1. The molecular formula is C35H35ClNO3S-. The minimum absolute atomic E-state index is 0.0914. The van der Waals surface area contributed by atoms with Crippen LogP contribution >= 0.6 is 23.4 Å². The fraction of sp³-hybridized carbons (Fsp3) is 0.314. The lowest BCUT2D eigenvalue weighted by atomic mass is 9.90. The molecule has 1 aromatic heterocycles. The van der Waals surface area contributed by atoms with Crippen molar-refractivity contribution in [2.45, 2.75) is 56.8 Å². The smallest absolute Gasteiger partial charge is 0.303 e. The number of pyridine rings is 1. The molecule has 0 amide bonds. The number of rotatable bonds is 12. The summed E-state index contributed by atoms with van der Waals surface area (Å²) in [5.74, 6) is 0.102. The summed E-state index contributed by atoms with van der Waals surface area (Å²) in [6, 6.07) is 26.2. The normalized spacial score (nSPS) is 15.3. The molecule has 4 aromatic rings. The van der Waals surface area contributed by atoms with Gasteiger partial charge in [-0.25, -0.2) is 4.98 Å². The second-order valence-electron chi connectivity index (χ2n) is 11.7. The molecular weight excluding hydrogens is 550 g/mol. The van der Waals surface area contributed by atoms with Gasteiger partial charge in [0.15, 0.2) is 0 Å². The van der Waals surface area contributed by atoms with Crippen molar-refractivity contribution in [2.75, 3.05) is 5.75 Å². The number of nitrogens with zero attached hydrogens (tertiary/aromatic N) is 1. The van der Waals surface area contributed by atoms with Gasteiger partial charge in [0.1, 0.15) is 0 Å². The van der Waals surface area contributed by atoms with Crippen LogP contribution in [0.2, 0.25) is 5.02 Å². The van der Waals surface area contributed by atoms with Gasteiger partial charge in [-0.1, -0.05) is 103 Å². The minimum atomic E-state index is -1.16. The van der Waals surface area contributed by atoms with E-state index in [0.29, 0.717) is 5.02 Å². The molecule has 1 aliphatic rings. The van der Waals surface area contributed by atoms with Crippen LogP contribution in [0.3, 0.4) is 0 Å². The van der Waals surface area contributed by atoms with E-state index >= 15 is 0 Å². The molecule has 4 nitrogen and oxygen atoms in total. The lowest BCUT2D eigenvalue weighted by Crippen LogP contribution is -2.34. The Labute approximate surface area is 251 Å². The average Bonchev–Trinajstić information content (AvgIpc) is 3.70. The average molecular weight is 585 g/mol. The predicted molar refractivity (Wildman–Crippen MR) is 169 cm³/mol. The molecule has 0 bridgehead atoms. The number of carbonyl (C=O) groups is 1. The standard InChI is InChI=1S/C35H35ClNO3S/c1-34(2,40)30-9-4-3-7-25(30)13-17-32(41-23-35(18-19-35)22-33(38)39)27-8-5-6-24(20-27)10-15-29-16-12-26-11-14-28(36)21-31(26)37-29/h3-12,14-16,20-21,32H,13,17-19,22-23H2,1-2H3,(H,38,39)/q-1/b15-10+. The van der Waals surface area contributed by atoms with Gasteiger partial charge in [-0.3, -0.25) is 4.79 Å². The number of carboxylic acids is 1. The highest BCUT2D eigenvalue weighted by Gasteiger charge is 2.44. The summed E-state index contributed by atoms with van der Waals surface area (Å²) < 4.78 is 0. The van der Waals surface area contributed by atoms with E-state index in [2.05, 4.69) is 36.4 Å². The second kappa shape index (κ2) is 12.4. The molecule has 1 atom stereocenters. The molecule has 0 saturated heterocycles. The van der Waals surface area contributed by atoms with Gasteiger partial charge in [0.25, 0.3) is 0 Å². The molecule has 1 heterocycles. The van der Waals surface area contributed by atoms with Crippen molar-refractivity contribution in [1.82, 2.24) is 4.98 Å². The van der Waals surface area contributed by atoms with Gasteiger partial charge in [0.2, 0.25) is 0 Å². The van der Waals surface area contributed by atoms with E-state index in [1.807, 2.05) is 66.4 Å². The molecule has 1 unspecified atom stereocenters. The Bertz CT molecular complexity index is 1570. The van der Waals surface area contributed by atoms with Crippen molar-refractivity contribution in [3.63, 3.8) is 0 Å². The Morgan fingerprint density at radius 1 is 1.07 bits per heavy atom. The molecule has 0 aliphatic heterocycles. The van der Waals surface area contributed by atoms with Crippen molar-refractivity contribution in [2.24, 2.45) is 5.41 Å². The quantitative estimate of drug-likeness (QED) is 0.181. The van der Waals surface area contributed by atoms with Crippen molar-refractivity contribution in [1.29, 1.82) is 0 Å². The van der Waals surface area contributed by atoms with Crippen LogP contribution in [-0.4, -0.2) is 21.8 Å². The van der Waals surface area contributed by atoms with Gasteiger partial charge in [-0.15, -0.1) is 0 Å². The highest BCUT2D eigenvalue weighted by Crippen LogP contribution is 2.53. The third-order valence-electron chi connectivity index (χ3n) is 7.82. The van der Waals surface area contributed by atoms with Gasteiger partial charge in [-0.2, -0.15) is 11.8 Å². The van der Waals surface area contributed by atoms with Crippen LogP contribution in [0.5, 0.6) is 0 Å². The molecule has 3 aromatic carbocycles. The number of hydrogen-bond donors (Lipinski definition) is 1. The number of aromatic nitrogens is 1. The monoisotopic (exact) mass is 584 g/mol. The van der Waals surface area contributed by atoms with E-state index in [-0.39, 0.29) is 17.1 Å². The number of benzene rings is 3. The number of aryl methyl sites for hydroxylation is 1. The zero-order chi connectivity index (χ0) is 29.0. The maximum absolute atomic E-state index is 12.9. The van der Waals surface area contributed by atoms with E-state index < -0.39 is 11.6 Å². The van der Waals surface area contributed by atoms with Crippen molar-refractivity contribution in [3.8, 4) is 0 Å². The van der Waals surface area contributed by atoms with E-state index in [9.17, 15) is 15.0 Å². The fourth-order valence-electron chi connectivity index (χ4n) is 5.35. The summed E-state index contributed by atoms with van der Waals surface area (Å²) in [6.45, 7) is 3.44. The first-order valence-electron chi connectivity index (χ1n) is 14.1. The highest BCUT2D eigenvalue weighted by atomic mass is 35.5. The molecule has 1 saturated carbocycles. The maximum atomic E-state index is 12.9. The number of halogens is 1. The molecule has 1 aliphatic carbocycles. The van der Waals surface area contributed by atoms with Crippen LogP contribution in [0, 0.1) is 5.41 Å². The molecule has 41 heavy (non-hydrogen) atoms. The lowest BCUT2D eigenvalue weighted by Gasteiger charge is -2.34. The maximum Gasteiger partial charge on any atom is 0.303 e. The number of carboxylic acid groups (broad SMARTS) is 1. The summed E-state index contributed by atoms with van der Waals surface area (Å²) in [5.41, 5.74) is 4.68. The Hall–Kier alpha value is -3.12. The zero-order valence-corrected chi connectivity index (χ0v) is 25.0. The minimum Gasteiger partial charge on any atom is -0.846 e. The summed E-state index contributed by atoms with van der Waals surface area (Å²) in [5, 5.41) is 24.2. The third-order valence-corrected chi connectivity index (χ3v) is 9.74. The Morgan fingerprint density at radius 3 is 2.61 bits per heavy atom. The first-order chi connectivity index (χ1) is 19.6. The topological polar surface area (TPSA) is 73.2 Å². The van der Waals surface area contributed by atoms with Crippen LogP contribution in [0.15, 0.2) is 78.9 Å². The van der Waals surface area contributed by atoms with Gasteiger partial charge >= 0.3 is 5.97 Å². The van der Waals surface area contributed by atoms with Crippen LogP contribution in [0.1, 0.15) is 72.7 Å². The third kappa shape index (κ3) is 7.79. The number of thioether (sulfide) groups is 1. The Balaban J connectivity index is 1.37. The number of hydrogen-bond acceptors (Lipinski definition) is 4. The van der Waals surface area contributed by atoms with E-state index in [4.69, 9.17) is 16.6 Å². The molecule has 5 rings (SSSR count). The van der Waals surface area contributed by atoms with Crippen molar-refractivity contribution < 1.29 is 15.0 Å². The summed E-state index contributed by atoms with van der Waals surface area (Å²) >= 11 is 8.02. The van der Waals surface area contributed by atoms with Crippen LogP contribution in [-0.2, 0) is 16.8 Å². The summed E-state index contributed by atoms with van der Waals surface area (Å²) in [6.07, 6.45) is 7.91. The molecule has 0 spiro atoms. The lowest BCUT2D eigenvalue weighted by molar-refractivity contribution is -0.475. The predicted octanol–water partition coefficient (Wildman–Crippen LogP) is 8.32. The van der Waals surface area contributed by atoms with E-state index in [0.717, 1.165) is 64.7 Å². The highest BCUT2D eigenvalue weighted by molar-refractivity contribution is 7.99. The van der Waals surface area contributed by atoms with Gasteiger partial charge in [0.05, 0.1) is 17.6 Å². The SMILES string of the molecule is CC(C)([O-])c1ccccc1CCC(SCC1(CC(=O)O)CC1)c1cccc(/C=C/c2ccc3ccc(Cl)cc3n2)c1. The van der Waals surface area contributed by atoms with Crippen molar-refractivity contribution in [3.05, 3.63) is 112 Å². The van der Waals surface area contributed by atoms with Crippen molar-refractivity contribution >= 4 is 52.4 Å². The zero-order valence-electron chi connectivity index (χ0n) is 23.5. The van der Waals surface area contributed by atoms with Crippen LogP contribution in [0.25, 0.3) is 23.1 Å². The first kappa shape index (κ1) is 29.4. The van der Waals surface area contributed by atoms with E-state index in [1.54, 1.807) is 13.8 Å². The molecule has 6 heteroatoms. The largest absolute Gasteiger partial charge is 0.846 e. The molecule has 212 valence electrons. The van der Waals surface area contributed by atoms with Gasteiger partial charge < -0.3 is 10.2 Å². The summed E-state index contributed by atoms with van der Waals surface area (Å²) in [7, 11) is 0. The molecule has 1 N–H and O–H groups in total. The number of aliphatic carboxylic acids is 1. The summed E-state index contributed by atoms with van der Waals surface area (Å²) in [4.78, 5) is 16.2. The Morgan fingerprint density at radius 2 is 1.85 bits per heavy atom. The fourth-order valence-corrected chi connectivity index (χ4v) is 7.08. The first-order valence-corrected chi connectivity index (χ1v) is 15.5. The van der Waals surface area contributed by atoms with Crippen LogP contribution < -0.4 is 5.11 Å². The van der Waals surface area contributed by atoms with E-state index in [1.165, 1.54) is 5.56 Å². The van der Waals surface area contributed by atoms with Gasteiger partial charge in [0, 0.05) is 21.4 Å². The Kier molecular flexibility index (Phi) is 8.88. The van der Waals surface area contributed by atoms with Gasteiger partial charge in [-0.05, 0) is 72.1 Å². The molecule has 1 fully saturated rings. The van der Waals surface area contributed by atoms with Crippen LogP contribution in [0.4, 0.5) is 0 Å².